The quantitative estimate of drug-likeness (QED) is 0.196. The topological polar surface area (TPSA) is 160 Å². The maximum absolute atomic E-state index is 13.1. The number of benzene rings is 1. The van der Waals surface area contributed by atoms with Gasteiger partial charge >= 0.3 is 23.9 Å². The Hall–Kier alpha value is -3.80. The highest BCUT2D eigenvalue weighted by molar-refractivity contribution is 6.20. The van der Waals surface area contributed by atoms with E-state index in [-0.39, 0.29) is 18.8 Å². The normalized spacial score (nSPS) is 16.8. The molecule has 1 aromatic rings. The maximum Gasteiger partial charge on any atom is 0.343 e. The number of rotatable bonds is 8. The van der Waals surface area contributed by atoms with E-state index in [1.165, 1.54) is 38.1 Å². The fourth-order valence-electron chi connectivity index (χ4n) is 3.42. The molecule has 172 valence electrons. The van der Waals surface area contributed by atoms with Crippen molar-refractivity contribution < 1.29 is 43.0 Å². The van der Waals surface area contributed by atoms with Crippen molar-refractivity contribution in [2.45, 2.75) is 25.4 Å². The predicted molar refractivity (Wildman–Crippen MR) is 106 cm³/mol. The third-order valence-electron chi connectivity index (χ3n) is 4.70. The Bertz CT molecular complexity index is 966. The SMILES string of the molecule is CCOC(=O)C1(C(=O)OCC)NC(c2ccccc2[N+](=O)[O-])C(C(=O)OC)=C1C(=O)OC. The van der Waals surface area contributed by atoms with E-state index in [2.05, 4.69) is 5.32 Å². The Balaban J connectivity index is 2.96. The summed E-state index contributed by atoms with van der Waals surface area (Å²) in [6.07, 6.45) is 0. The van der Waals surface area contributed by atoms with Gasteiger partial charge in [-0.3, -0.25) is 15.4 Å². The molecular weight excluding hydrogens is 428 g/mol. The summed E-state index contributed by atoms with van der Waals surface area (Å²) in [6, 6.07) is 3.83. The molecule has 0 bridgehead atoms. The van der Waals surface area contributed by atoms with Gasteiger partial charge in [-0.1, -0.05) is 18.2 Å². The van der Waals surface area contributed by atoms with Crippen LogP contribution in [0.25, 0.3) is 0 Å². The van der Waals surface area contributed by atoms with E-state index in [0.29, 0.717) is 0 Å². The van der Waals surface area contributed by atoms with Crippen LogP contribution in [0.2, 0.25) is 0 Å². The van der Waals surface area contributed by atoms with Crippen molar-refractivity contribution in [3.8, 4) is 0 Å². The number of carbonyl (C=O) groups is 4. The van der Waals surface area contributed by atoms with Crippen LogP contribution >= 0.6 is 0 Å². The molecule has 12 heteroatoms. The molecule has 0 fully saturated rings. The summed E-state index contributed by atoms with van der Waals surface area (Å²) >= 11 is 0. The van der Waals surface area contributed by atoms with Crippen LogP contribution in [-0.2, 0) is 38.1 Å². The minimum Gasteiger partial charge on any atom is -0.466 e. The van der Waals surface area contributed by atoms with Crippen molar-refractivity contribution in [1.82, 2.24) is 5.32 Å². The summed E-state index contributed by atoms with van der Waals surface area (Å²) in [6.45, 7) is 2.57. The summed E-state index contributed by atoms with van der Waals surface area (Å²) in [5.41, 5.74) is -4.41. The molecule has 1 aliphatic heterocycles. The molecule has 0 spiro atoms. The molecule has 1 atom stereocenters. The van der Waals surface area contributed by atoms with Crippen LogP contribution in [0.3, 0.4) is 0 Å². The zero-order valence-corrected chi connectivity index (χ0v) is 17.8. The lowest BCUT2D eigenvalue weighted by molar-refractivity contribution is -0.385. The van der Waals surface area contributed by atoms with Gasteiger partial charge < -0.3 is 18.9 Å². The Morgan fingerprint density at radius 3 is 2.00 bits per heavy atom. The molecule has 32 heavy (non-hydrogen) atoms. The van der Waals surface area contributed by atoms with Gasteiger partial charge in [0.1, 0.15) is 0 Å². The molecule has 1 aliphatic rings. The number of nitrogens with one attached hydrogen (secondary N) is 1. The Labute approximate surface area is 182 Å². The first-order chi connectivity index (χ1) is 15.2. The molecule has 12 nitrogen and oxygen atoms in total. The molecule has 1 N–H and O–H groups in total. The van der Waals surface area contributed by atoms with Crippen molar-refractivity contribution in [3.63, 3.8) is 0 Å². The van der Waals surface area contributed by atoms with Gasteiger partial charge in [0.15, 0.2) is 0 Å². The van der Waals surface area contributed by atoms with Crippen LogP contribution in [0.4, 0.5) is 5.69 Å². The molecule has 0 aliphatic carbocycles. The molecule has 0 aromatic heterocycles. The van der Waals surface area contributed by atoms with Crippen molar-refractivity contribution in [3.05, 3.63) is 51.1 Å². The van der Waals surface area contributed by atoms with Crippen LogP contribution in [0.15, 0.2) is 35.4 Å². The third-order valence-corrected chi connectivity index (χ3v) is 4.70. The van der Waals surface area contributed by atoms with E-state index >= 15 is 0 Å². The smallest absolute Gasteiger partial charge is 0.343 e. The molecule has 0 amide bonds. The summed E-state index contributed by atoms with van der Waals surface area (Å²) in [5, 5.41) is 14.2. The second-order valence-electron chi connectivity index (χ2n) is 6.36. The van der Waals surface area contributed by atoms with E-state index < -0.39 is 57.2 Å². The standard InChI is InChI=1S/C20H22N2O10/c1-5-31-18(25)20(19(26)32-6-2)14(17(24)30-4)13(16(23)29-3)15(21-20)11-9-7-8-10-12(11)22(27)28/h7-10,15,21H,5-6H2,1-4H3. The zero-order valence-electron chi connectivity index (χ0n) is 17.8. The number of nitro groups is 1. The molecule has 0 radical (unpaired) electrons. The Morgan fingerprint density at radius 2 is 1.53 bits per heavy atom. The summed E-state index contributed by atoms with van der Waals surface area (Å²) < 4.78 is 19.5. The van der Waals surface area contributed by atoms with Crippen molar-refractivity contribution in [2.75, 3.05) is 27.4 Å². The van der Waals surface area contributed by atoms with E-state index in [1.54, 1.807) is 0 Å². The number of nitrogens with zero attached hydrogens (tertiary/aromatic N) is 1. The van der Waals surface area contributed by atoms with Gasteiger partial charge in [-0.2, -0.15) is 0 Å². The lowest BCUT2D eigenvalue weighted by Gasteiger charge is -2.28. The van der Waals surface area contributed by atoms with E-state index in [4.69, 9.17) is 18.9 Å². The van der Waals surface area contributed by atoms with Gasteiger partial charge in [-0.15, -0.1) is 0 Å². The zero-order chi connectivity index (χ0) is 24.1. The van der Waals surface area contributed by atoms with Gasteiger partial charge in [-0.25, -0.2) is 19.2 Å². The largest absolute Gasteiger partial charge is 0.466 e. The first kappa shape index (κ1) is 24.5. The number of hydrogen-bond donors (Lipinski definition) is 1. The highest BCUT2D eigenvalue weighted by Crippen LogP contribution is 2.43. The minimum absolute atomic E-state index is 0.102. The van der Waals surface area contributed by atoms with Gasteiger partial charge in [0, 0.05) is 6.07 Å². The molecule has 1 unspecified atom stereocenters. The van der Waals surface area contributed by atoms with Gasteiger partial charge in [0.2, 0.25) is 5.54 Å². The predicted octanol–water partition coefficient (Wildman–Crippen LogP) is 0.747. The van der Waals surface area contributed by atoms with E-state index in [1.807, 2.05) is 0 Å². The van der Waals surface area contributed by atoms with Gasteiger partial charge in [0.25, 0.3) is 5.69 Å². The number of esters is 4. The molecule has 1 aromatic carbocycles. The number of para-hydroxylation sites is 1. The molecular formula is C20H22N2O10. The maximum atomic E-state index is 13.1. The van der Waals surface area contributed by atoms with Crippen LogP contribution in [0.1, 0.15) is 25.5 Å². The Kier molecular flexibility index (Phi) is 7.65. The lowest BCUT2D eigenvalue weighted by Crippen LogP contribution is -2.60. The summed E-state index contributed by atoms with van der Waals surface area (Å²) in [5.74, 6) is -4.83. The highest BCUT2D eigenvalue weighted by atomic mass is 16.6. The van der Waals surface area contributed by atoms with Crippen molar-refractivity contribution >= 4 is 29.6 Å². The second-order valence-corrected chi connectivity index (χ2v) is 6.36. The lowest BCUT2D eigenvalue weighted by atomic mass is 9.88. The summed E-state index contributed by atoms with van der Waals surface area (Å²) in [4.78, 5) is 62.5. The van der Waals surface area contributed by atoms with Crippen LogP contribution in [0, 0.1) is 10.1 Å². The fourth-order valence-corrected chi connectivity index (χ4v) is 3.42. The van der Waals surface area contributed by atoms with Crippen LogP contribution < -0.4 is 5.32 Å². The van der Waals surface area contributed by atoms with E-state index in [0.717, 1.165) is 14.2 Å². The van der Waals surface area contributed by atoms with Crippen LogP contribution in [0.5, 0.6) is 0 Å². The van der Waals surface area contributed by atoms with E-state index in [9.17, 15) is 29.3 Å². The highest BCUT2D eigenvalue weighted by Gasteiger charge is 2.64. The molecule has 1 heterocycles. The average molecular weight is 450 g/mol. The molecule has 0 saturated heterocycles. The first-order valence-electron chi connectivity index (χ1n) is 9.47. The third kappa shape index (κ3) is 4.04. The van der Waals surface area contributed by atoms with Crippen molar-refractivity contribution in [2.24, 2.45) is 0 Å². The fraction of sp³-hybridized carbons (Fsp3) is 0.400. The first-order valence-corrected chi connectivity index (χ1v) is 9.47. The average Bonchev–Trinajstić information content (AvgIpc) is 3.15. The molecule has 0 saturated carbocycles. The second kappa shape index (κ2) is 10.0. The van der Waals surface area contributed by atoms with Crippen molar-refractivity contribution in [1.29, 1.82) is 0 Å². The van der Waals surface area contributed by atoms with Crippen LogP contribution in [-0.4, -0.2) is 61.8 Å². The number of hydrogen-bond acceptors (Lipinski definition) is 11. The summed E-state index contributed by atoms with van der Waals surface area (Å²) in [7, 11) is 1.99. The minimum atomic E-state index is -2.63. The molecule has 2 rings (SSSR count). The monoisotopic (exact) mass is 450 g/mol. The number of carbonyl (C=O) groups excluding carboxylic acids is 4. The van der Waals surface area contributed by atoms with Gasteiger partial charge in [-0.05, 0) is 13.8 Å². The number of nitro benzene ring substituents is 1. The van der Waals surface area contributed by atoms with Gasteiger partial charge in [0.05, 0.1) is 55.1 Å². The Morgan fingerprint density at radius 1 is 1.00 bits per heavy atom. The number of ether oxygens (including phenoxy) is 4. The number of methoxy groups -OCH3 is 2.